The predicted molar refractivity (Wildman–Crippen MR) is 101 cm³/mol. The van der Waals surface area contributed by atoms with E-state index in [4.69, 9.17) is 37.4 Å². The normalized spacial score (nSPS) is 22.1. The second-order valence-corrected chi connectivity index (χ2v) is 7.13. The minimum Gasteiger partial charge on any atom is -0.457 e. The molecule has 0 saturated carbocycles. The quantitative estimate of drug-likeness (QED) is 0.617. The first-order chi connectivity index (χ1) is 13.0. The highest BCUT2D eigenvalue weighted by Gasteiger charge is 2.44. The Morgan fingerprint density at radius 3 is 2.59 bits per heavy atom. The Morgan fingerprint density at radius 2 is 1.96 bits per heavy atom. The van der Waals surface area contributed by atoms with E-state index in [-0.39, 0.29) is 6.10 Å². The highest BCUT2D eigenvalue weighted by atomic mass is 35.5. The Balaban J connectivity index is 1.62. The lowest BCUT2D eigenvalue weighted by Crippen LogP contribution is -2.34. The van der Waals surface area contributed by atoms with Crippen LogP contribution in [0.2, 0.25) is 10.0 Å². The molecule has 2 aromatic carbocycles. The maximum absolute atomic E-state index is 6.57. The van der Waals surface area contributed by atoms with Gasteiger partial charge in [-0.25, -0.2) is 9.67 Å². The summed E-state index contributed by atoms with van der Waals surface area (Å²) in [7, 11) is 0. The van der Waals surface area contributed by atoms with Gasteiger partial charge in [0, 0.05) is 10.6 Å². The standard InChI is InChI=1S/C19H17Cl2N3O3/c1-13-9-25-19(27-13,10-24-12-22-11-23-24)17-7-6-16(8-18(17)21)26-15-4-2-14(20)3-5-15/h2-8,11-13H,9-10H2,1H3/t13?,19-/m1/s1. The van der Waals surface area contributed by atoms with Crippen molar-refractivity contribution in [2.24, 2.45) is 0 Å². The van der Waals surface area contributed by atoms with Crippen LogP contribution in [0.1, 0.15) is 12.5 Å². The summed E-state index contributed by atoms with van der Waals surface area (Å²) < 4.78 is 19.6. The molecule has 1 saturated heterocycles. The lowest BCUT2D eigenvalue weighted by atomic mass is 10.1. The molecule has 1 aliphatic heterocycles. The minimum absolute atomic E-state index is 0.0606. The zero-order chi connectivity index (χ0) is 18.9. The van der Waals surface area contributed by atoms with Crippen LogP contribution in [-0.2, 0) is 21.8 Å². The van der Waals surface area contributed by atoms with Crippen LogP contribution >= 0.6 is 23.2 Å². The molecule has 0 amide bonds. The van der Waals surface area contributed by atoms with Gasteiger partial charge in [0.05, 0.1) is 17.7 Å². The minimum atomic E-state index is -1.02. The van der Waals surface area contributed by atoms with Gasteiger partial charge in [-0.2, -0.15) is 5.10 Å². The van der Waals surface area contributed by atoms with E-state index in [1.807, 2.05) is 19.1 Å². The van der Waals surface area contributed by atoms with Crippen molar-refractivity contribution in [2.45, 2.75) is 25.4 Å². The van der Waals surface area contributed by atoms with E-state index in [1.165, 1.54) is 6.33 Å². The van der Waals surface area contributed by atoms with Crippen LogP contribution in [0.4, 0.5) is 0 Å². The van der Waals surface area contributed by atoms with Gasteiger partial charge >= 0.3 is 0 Å². The third-order valence-corrected chi connectivity index (χ3v) is 4.74. The summed E-state index contributed by atoms with van der Waals surface area (Å²) in [5.74, 6) is 0.249. The van der Waals surface area contributed by atoms with E-state index in [9.17, 15) is 0 Å². The molecule has 6 nitrogen and oxygen atoms in total. The van der Waals surface area contributed by atoms with Crippen LogP contribution in [0, 0.1) is 0 Å². The van der Waals surface area contributed by atoms with Gasteiger partial charge < -0.3 is 14.2 Å². The third kappa shape index (κ3) is 3.94. The number of ether oxygens (including phenoxy) is 3. The molecule has 140 valence electrons. The monoisotopic (exact) mass is 405 g/mol. The zero-order valence-corrected chi connectivity index (χ0v) is 16.0. The number of nitrogens with zero attached hydrogens (tertiary/aromatic N) is 3. The molecular weight excluding hydrogens is 389 g/mol. The van der Waals surface area contributed by atoms with Crippen molar-refractivity contribution >= 4 is 23.2 Å². The zero-order valence-electron chi connectivity index (χ0n) is 14.5. The van der Waals surface area contributed by atoms with E-state index < -0.39 is 5.79 Å². The molecular formula is C19H17Cl2N3O3. The molecule has 2 atom stereocenters. The van der Waals surface area contributed by atoms with Gasteiger partial charge in [-0.15, -0.1) is 0 Å². The van der Waals surface area contributed by atoms with Gasteiger partial charge in [0.15, 0.2) is 0 Å². The maximum atomic E-state index is 6.57. The molecule has 0 radical (unpaired) electrons. The summed E-state index contributed by atoms with van der Waals surface area (Å²) in [4.78, 5) is 3.98. The van der Waals surface area contributed by atoms with Crippen molar-refractivity contribution in [1.29, 1.82) is 0 Å². The summed E-state index contributed by atoms with van der Waals surface area (Å²) in [6.45, 7) is 2.76. The molecule has 0 bridgehead atoms. The first-order valence-electron chi connectivity index (χ1n) is 8.42. The Morgan fingerprint density at radius 1 is 1.19 bits per heavy atom. The van der Waals surface area contributed by atoms with Crippen molar-refractivity contribution in [3.8, 4) is 11.5 Å². The average Bonchev–Trinajstić information content (AvgIpc) is 3.28. The highest BCUT2D eigenvalue weighted by molar-refractivity contribution is 6.31. The van der Waals surface area contributed by atoms with Crippen molar-refractivity contribution in [2.75, 3.05) is 6.61 Å². The number of halogens is 2. The fraction of sp³-hybridized carbons (Fsp3) is 0.263. The summed E-state index contributed by atoms with van der Waals surface area (Å²) >= 11 is 12.5. The lowest BCUT2D eigenvalue weighted by Gasteiger charge is -2.29. The van der Waals surface area contributed by atoms with Crippen LogP contribution in [-0.4, -0.2) is 27.5 Å². The van der Waals surface area contributed by atoms with Gasteiger partial charge in [0.2, 0.25) is 5.79 Å². The van der Waals surface area contributed by atoms with E-state index in [2.05, 4.69) is 10.1 Å². The van der Waals surface area contributed by atoms with Crippen LogP contribution in [0.5, 0.6) is 11.5 Å². The topological polar surface area (TPSA) is 58.4 Å². The summed E-state index contributed by atoms with van der Waals surface area (Å²) in [6.07, 6.45) is 3.02. The fourth-order valence-corrected chi connectivity index (χ4v) is 3.43. The van der Waals surface area contributed by atoms with E-state index in [0.717, 1.165) is 0 Å². The van der Waals surface area contributed by atoms with Crippen LogP contribution in [0.15, 0.2) is 55.1 Å². The maximum Gasteiger partial charge on any atom is 0.217 e. The fourth-order valence-electron chi connectivity index (χ4n) is 2.99. The van der Waals surface area contributed by atoms with Crippen molar-refractivity contribution in [3.05, 3.63) is 70.7 Å². The highest BCUT2D eigenvalue weighted by Crippen LogP contribution is 2.41. The molecule has 0 spiro atoms. The second-order valence-electron chi connectivity index (χ2n) is 6.28. The molecule has 2 heterocycles. The van der Waals surface area contributed by atoms with Gasteiger partial charge in [0.25, 0.3) is 0 Å². The molecule has 3 aromatic rings. The largest absolute Gasteiger partial charge is 0.457 e. The molecule has 1 aliphatic rings. The van der Waals surface area contributed by atoms with Gasteiger partial charge in [0.1, 0.15) is 30.7 Å². The number of aromatic nitrogens is 3. The molecule has 1 unspecified atom stereocenters. The van der Waals surface area contributed by atoms with Crippen LogP contribution < -0.4 is 4.74 Å². The lowest BCUT2D eigenvalue weighted by molar-refractivity contribution is -0.186. The van der Waals surface area contributed by atoms with E-state index >= 15 is 0 Å². The molecule has 0 N–H and O–H groups in total. The van der Waals surface area contributed by atoms with Gasteiger partial charge in [-0.3, -0.25) is 0 Å². The van der Waals surface area contributed by atoms with E-state index in [0.29, 0.717) is 40.3 Å². The second kappa shape index (κ2) is 7.48. The Hall–Kier alpha value is -2.12. The Labute approximate surface area is 166 Å². The molecule has 27 heavy (non-hydrogen) atoms. The average molecular weight is 406 g/mol. The summed E-state index contributed by atoms with van der Waals surface area (Å²) in [5.41, 5.74) is 0.715. The number of hydrogen-bond acceptors (Lipinski definition) is 5. The first-order valence-corrected chi connectivity index (χ1v) is 9.17. The molecule has 4 rings (SSSR count). The molecule has 1 aromatic heterocycles. The number of rotatable bonds is 5. The third-order valence-electron chi connectivity index (χ3n) is 4.18. The van der Waals surface area contributed by atoms with Crippen molar-refractivity contribution in [3.63, 3.8) is 0 Å². The van der Waals surface area contributed by atoms with E-state index in [1.54, 1.807) is 41.3 Å². The SMILES string of the molecule is CC1CO[C@@](Cn2cncn2)(c2ccc(Oc3ccc(Cl)cc3)cc2Cl)O1. The summed E-state index contributed by atoms with van der Waals surface area (Å²) in [6, 6.07) is 12.5. The molecule has 1 fully saturated rings. The number of benzene rings is 2. The predicted octanol–water partition coefficient (Wildman–Crippen LogP) is 4.67. The molecule has 8 heteroatoms. The van der Waals surface area contributed by atoms with Crippen LogP contribution in [0.3, 0.4) is 0 Å². The first kappa shape index (κ1) is 18.3. The van der Waals surface area contributed by atoms with Crippen molar-refractivity contribution in [1.82, 2.24) is 14.8 Å². The molecule has 0 aliphatic carbocycles. The smallest absolute Gasteiger partial charge is 0.217 e. The van der Waals surface area contributed by atoms with Crippen molar-refractivity contribution < 1.29 is 14.2 Å². The summed E-state index contributed by atoms with van der Waals surface area (Å²) in [5, 5.41) is 5.28. The van der Waals surface area contributed by atoms with Crippen LogP contribution in [0.25, 0.3) is 0 Å². The Kier molecular flexibility index (Phi) is 5.06. The number of hydrogen-bond donors (Lipinski definition) is 0. The van der Waals surface area contributed by atoms with Gasteiger partial charge in [-0.05, 0) is 49.4 Å². The van der Waals surface area contributed by atoms with Gasteiger partial charge in [-0.1, -0.05) is 23.2 Å². The Bertz CT molecular complexity index is 918.